The molecular weight excluding hydrogens is 415 g/mol. The summed E-state index contributed by atoms with van der Waals surface area (Å²) in [4.78, 5) is 4.74. The third-order valence-corrected chi connectivity index (χ3v) is 6.87. The van der Waals surface area contributed by atoms with Crippen LogP contribution in [0.3, 0.4) is 0 Å². The highest BCUT2D eigenvalue weighted by molar-refractivity contribution is 14.1. The van der Waals surface area contributed by atoms with Gasteiger partial charge in [0.05, 0.1) is 16.9 Å². The molecule has 5 heteroatoms. The predicted octanol–water partition coefficient (Wildman–Crippen LogP) is 5.45. The number of thioether (sulfide) groups is 1. The van der Waals surface area contributed by atoms with Crippen molar-refractivity contribution in [1.29, 1.82) is 0 Å². The Labute approximate surface area is 149 Å². The Morgan fingerprint density at radius 2 is 2.10 bits per heavy atom. The van der Waals surface area contributed by atoms with Gasteiger partial charge in [-0.1, -0.05) is 19.3 Å². The van der Waals surface area contributed by atoms with Crippen LogP contribution in [-0.2, 0) is 12.4 Å². The summed E-state index contributed by atoms with van der Waals surface area (Å²) >= 11 is 10.5. The molecule has 21 heavy (non-hydrogen) atoms. The molecule has 114 valence electrons. The third-order valence-electron chi connectivity index (χ3n) is 4.55. The summed E-state index contributed by atoms with van der Waals surface area (Å²) in [6, 6.07) is 6.50. The quantitative estimate of drug-likeness (QED) is 0.471. The highest BCUT2D eigenvalue weighted by Crippen LogP contribution is 2.41. The lowest BCUT2D eigenvalue weighted by Gasteiger charge is -2.36. The second-order valence-corrected chi connectivity index (χ2v) is 8.62. The molecule has 0 N–H and O–H groups in total. The lowest BCUT2D eigenvalue weighted by molar-refractivity contribution is 0.359. The smallest absolute Gasteiger partial charge is 0.124 e. The van der Waals surface area contributed by atoms with Gasteiger partial charge in [-0.05, 0) is 59.9 Å². The summed E-state index contributed by atoms with van der Waals surface area (Å²) in [6.45, 7) is 1.04. The number of halogens is 2. The van der Waals surface area contributed by atoms with E-state index in [1.54, 1.807) is 0 Å². The molecule has 0 radical (unpaired) electrons. The fraction of sp³-hybridized carbons (Fsp3) is 0.562. The molecule has 1 saturated carbocycles. The average molecular weight is 435 g/mol. The number of imidazole rings is 1. The zero-order valence-corrected chi connectivity index (χ0v) is 16.0. The fourth-order valence-electron chi connectivity index (χ4n) is 3.34. The molecule has 1 heterocycles. The van der Waals surface area contributed by atoms with Gasteiger partial charge in [0.2, 0.25) is 0 Å². The van der Waals surface area contributed by atoms with Crippen LogP contribution in [0.2, 0.25) is 0 Å². The highest BCUT2D eigenvalue weighted by Gasteiger charge is 2.32. The Kier molecular flexibility index (Phi) is 5.06. The third kappa shape index (κ3) is 3.22. The molecule has 2 aromatic rings. The number of alkyl halides is 1. The van der Waals surface area contributed by atoms with E-state index in [4.69, 9.17) is 16.6 Å². The van der Waals surface area contributed by atoms with E-state index in [1.807, 2.05) is 11.8 Å². The molecule has 3 rings (SSSR count). The van der Waals surface area contributed by atoms with Crippen LogP contribution >= 0.6 is 46.0 Å². The minimum absolute atomic E-state index is 0.357. The van der Waals surface area contributed by atoms with Gasteiger partial charge in [0.15, 0.2) is 0 Å². The molecule has 0 atom stereocenters. The minimum atomic E-state index is 0.357. The molecule has 0 amide bonds. The minimum Gasteiger partial charge on any atom is -0.326 e. The summed E-state index contributed by atoms with van der Waals surface area (Å²) in [5, 5.41) is 0. The first-order valence-electron chi connectivity index (χ1n) is 7.43. The molecule has 2 nitrogen and oxygen atoms in total. The van der Waals surface area contributed by atoms with E-state index in [1.165, 1.54) is 41.2 Å². The van der Waals surface area contributed by atoms with Gasteiger partial charge in [-0.25, -0.2) is 4.98 Å². The summed E-state index contributed by atoms with van der Waals surface area (Å²) in [7, 11) is 0. The molecule has 0 bridgehead atoms. The van der Waals surface area contributed by atoms with Crippen LogP contribution in [0.1, 0.15) is 37.9 Å². The van der Waals surface area contributed by atoms with E-state index < -0.39 is 0 Å². The highest BCUT2D eigenvalue weighted by atomic mass is 127. The zero-order chi connectivity index (χ0) is 14.9. The second kappa shape index (κ2) is 6.67. The summed E-state index contributed by atoms with van der Waals surface area (Å²) in [5.74, 6) is 1.49. The first-order chi connectivity index (χ1) is 10.2. The van der Waals surface area contributed by atoms with Crippen molar-refractivity contribution in [3.63, 3.8) is 0 Å². The first-order valence-corrected chi connectivity index (χ1v) is 10.3. The number of aromatic nitrogens is 2. The van der Waals surface area contributed by atoms with Crippen LogP contribution in [0.4, 0.5) is 0 Å². The largest absolute Gasteiger partial charge is 0.326 e. The normalized spacial score (nSPS) is 18.2. The van der Waals surface area contributed by atoms with Crippen molar-refractivity contribution < 1.29 is 0 Å². The van der Waals surface area contributed by atoms with E-state index in [2.05, 4.69) is 51.6 Å². The summed E-state index contributed by atoms with van der Waals surface area (Å²) in [6.07, 6.45) is 8.95. The second-order valence-electron chi connectivity index (χ2n) is 5.83. The van der Waals surface area contributed by atoms with Gasteiger partial charge < -0.3 is 4.57 Å². The van der Waals surface area contributed by atoms with Crippen LogP contribution in [0, 0.1) is 3.57 Å². The average Bonchev–Trinajstić information content (AvgIpc) is 2.85. The molecule has 0 aliphatic heterocycles. The van der Waals surface area contributed by atoms with Gasteiger partial charge in [-0.3, -0.25) is 0 Å². The van der Waals surface area contributed by atoms with Crippen molar-refractivity contribution in [3.8, 4) is 0 Å². The molecule has 0 unspecified atom stereocenters. The molecular formula is C16H20ClIN2S. The zero-order valence-electron chi connectivity index (χ0n) is 12.2. The van der Waals surface area contributed by atoms with Gasteiger partial charge in [-0.2, -0.15) is 11.8 Å². The number of rotatable bonds is 4. The lowest BCUT2D eigenvalue weighted by Crippen LogP contribution is -2.33. The van der Waals surface area contributed by atoms with Gasteiger partial charge in [0.1, 0.15) is 5.82 Å². The Bertz CT molecular complexity index is 634. The SMILES string of the molecule is CSC1(Cn2c(CCl)nc3cc(I)ccc32)CCCCC1. The molecule has 1 aromatic heterocycles. The van der Waals surface area contributed by atoms with Crippen LogP contribution in [0.5, 0.6) is 0 Å². The number of hydrogen-bond acceptors (Lipinski definition) is 2. The Hall–Kier alpha value is 0.0600. The van der Waals surface area contributed by atoms with E-state index in [0.717, 1.165) is 17.9 Å². The summed E-state index contributed by atoms with van der Waals surface area (Å²) in [5.41, 5.74) is 2.30. The van der Waals surface area contributed by atoms with E-state index in [9.17, 15) is 0 Å². The number of nitrogens with zero attached hydrogens (tertiary/aromatic N) is 2. The maximum absolute atomic E-state index is 6.16. The molecule has 1 aliphatic carbocycles. The maximum Gasteiger partial charge on any atom is 0.124 e. The van der Waals surface area contributed by atoms with Crippen molar-refractivity contribution in [2.75, 3.05) is 6.26 Å². The van der Waals surface area contributed by atoms with E-state index in [0.29, 0.717) is 10.6 Å². The van der Waals surface area contributed by atoms with Gasteiger partial charge >= 0.3 is 0 Å². The van der Waals surface area contributed by atoms with E-state index in [-0.39, 0.29) is 0 Å². The summed E-state index contributed by atoms with van der Waals surface area (Å²) < 4.78 is 3.94. The predicted molar refractivity (Wildman–Crippen MR) is 101 cm³/mol. The Balaban J connectivity index is 2.02. The topological polar surface area (TPSA) is 17.8 Å². The Morgan fingerprint density at radius 1 is 1.33 bits per heavy atom. The lowest BCUT2D eigenvalue weighted by atomic mass is 9.88. The number of fused-ring (bicyclic) bond motifs is 1. The molecule has 1 aliphatic rings. The van der Waals surface area contributed by atoms with Crippen LogP contribution < -0.4 is 0 Å². The van der Waals surface area contributed by atoms with Crippen molar-refractivity contribution >= 4 is 57.0 Å². The molecule has 0 saturated heterocycles. The standard InChI is InChI=1S/C16H20ClIN2S/c1-21-16(7-3-2-4-8-16)11-20-14-6-5-12(18)9-13(14)19-15(20)10-17/h5-6,9H,2-4,7-8,10-11H2,1H3. The Morgan fingerprint density at radius 3 is 2.76 bits per heavy atom. The van der Waals surface area contributed by atoms with Gasteiger partial charge in [-0.15, -0.1) is 11.6 Å². The molecule has 0 spiro atoms. The van der Waals surface area contributed by atoms with Crippen molar-refractivity contribution in [1.82, 2.24) is 9.55 Å². The van der Waals surface area contributed by atoms with Gasteiger partial charge in [0.25, 0.3) is 0 Å². The monoisotopic (exact) mass is 434 g/mol. The van der Waals surface area contributed by atoms with Crippen molar-refractivity contribution in [2.24, 2.45) is 0 Å². The molecule has 1 aromatic carbocycles. The van der Waals surface area contributed by atoms with Crippen LogP contribution in [-0.4, -0.2) is 20.6 Å². The van der Waals surface area contributed by atoms with Crippen LogP contribution in [0.25, 0.3) is 11.0 Å². The fourth-order valence-corrected chi connectivity index (χ4v) is 4.98. The number of hydrogen-bond donors (Lipinski definition) is 0. The van der Waals surface area contributed by atoms with Crippen LogP contribution in [0.15, 0.2) is 18.2 Å². The maximum atomic E-state index is 6.16. The van der Waals surface area contributed by atoms with Crippen molar-refractivity contribution in [2.45, 2.75) is 49.3 Å². The first kappa shape index (κ1) is 15.9. The number of benzene rings is 1. The van der Waals surface area contributed by atoms with Gasteiger partial charge in [0, 0.05) is 14.9 Å². The van der Waals surface area contributed by atoms with E-state index >= 15 is 0 Å². The molecule has 1 fully saturated rings. The van der Waals surface area contributed by atoms with Crippen molar-refractivity contribution in [3.05, 3.63) is 27.6 Å².